The molecule has 0 radical (unpaired) electrons. The lowest BCUT2D eigenvalue weighted by molar-refractivity contribution is 0.306. The summed E-state index contributed by atoms with van der Waals surface area (Å²) in [6.07, 6.45) is 6.66. The molecule has 98 valence electrons. The number of nitrogens with one attached hydrogen (secondary N) is 1. The first-order chi connectivity index (χ1) is 9.29. The van der Waals surface area contributed by atoms with Gasteiger partial charge < -0.3 is 4.98 Å². The number of hydrogen-bond acceptors (Lipinski definition) is 4. The van der Waals surface area contributed by atoms with E-state index in [0.717, 1.165) is 36.6 Å². The van der Waals surface area contributed by atoms with Gasteiger partial charge in [-0.15, -0.1) is 0 Å². The second-order valence-electron chi connectivity index (χ2n) is 4.48. The number of nitrogens with zero attached hydrogens (tertiary/aromatic N) is 4. The van der Waals surface area contributed by atoms with E-state index in [1.807, 2.05) is 25.4 Å². The van der Waals surface area contributed by atoms with Crippen molar-refractivity contribution in [1.29, 1.82) is 5.26 Å². The second kappa shape index (κ2) is 6.66. The summed E-state index contributed by atoms with van der Waals surface area (Å²) in [6.45, 7) is 1.50. The first-order valence-corrected chi connectivity index (χ1v) is 6.26. The third-order valence-electron chi connectivity index (χ3n) is 2.88. The Labute approximate surface area is 112 Å². The van der Waals surface area contributed by atoms with E-state index in [2.05, 4.69) is 25.9 Å². The van der Waals surface area contributed by atoms with E-state index >= 15 is 0 Å². The molecular weight excluding hydrogens is 238 g/mol. The molecule has 0 unspecified atom stereocenters. The van der Waals surface area contributed by atoms with Crippen LogP contribution in [0.3, 0.4) is 0 Å². The van der Waals surface area contributed by atoms with E-state index in [4.69, 9.17) is 5.26 Å². The van der Waals surface area contributed by atoms with Crippen molar-refractivity contribution in [3.05, 3.63) is 47.8 Å². The topological polar surface area (TPSA) is 68.6 Å². The quantitative estimate of drug-likeness (QED) is 0.856. The van der Waals surface area contributed by atoms with E-state index in [9.17, 15) is 0 Å². The lowest BCUT2D eigenvalue weighted by Crippen LogP contribution is -2.19. The maximum Gasteiger partial charge on any atom is 0.120 e. The Morgan fingerprint density at radius 2 is 2.21 bits per heavy atom. The monoisotopic (exact) mass is 255 g/mol. The van der Waals surface area contributed by atoms with Crippen LogP contribution in [0.4, 0.5) is 0 Å². The number of aryl methyl sites for hydroxylation is 1. The molecule has 0 fully saturated rings. The number of aromatic nitrogens is 3. The molecule has 0 aromatic carbocycles. The Morgan fingerprint density at radius 3 is 2.95 bits per heavy atom. The second-order valence-corrected chi connectivity index (χ2v) is 4.48. The van der Waals surface area contributed by atoms with Gasteiger partial charge in [0, 0.05) is 31.6 Å². The lowest BCUT2D eigenvalue weighted by Gasteiger charge is -2.16. The average Bonchev–Trinajstić information content (AvgIpc) is 2.90. The van der Waals surface area contributed by atoms with Gasteiger partial charge in [0.1, 0.15) is 5.82 Å². The Kier molecular flexibility index (Phi) is 4.65. The number of rotatable bonds is 6. The van der Waals surface area contributed by atoms with Crippen LogP contribution >= 0.6 is 0 Å². The molecule has 0 aliphatic carbocycles. The van der Waals surface area contributed by atoms with E-state index in [0.29, 0.717) is 6.42 Å². The molecule has 2 aromatic heterocycles. The fourth-order valence-electron chi connectivity index (χ4n) is 1.98. The fraction of sp³-hybridized carbons (Fsp3) is 0.357. The summed E-state index contributed by atoms with van der Waals surface area (Å²) in [5.41, 5.74) is 2.18. The van der Waals surface area contributed by atoms with Gasteiger partial charge in [0.15, 0.2) is 0 Å². The number of pyridine rings is 1. The minimum Gasteiger partial charge on any atom is -0.348 e. The van der Waals surface area contributed by atoms with Crippen molar-refractivity contribution >= 4 is 0 Å². The van der Waals surface area contributed by atoms with Crippen molar-refractivity contribution in [2.24, 2.45) is 0 Å². The lowest BCUT2D eigenvalue weighted by atomic mass is 10.1. The highest BCUT2D eigenvalue weighted by molar-refractivity contribution is 5.20. The number of hydrogen-bond donors (Lipinski definition) is 1. The van der Waals surface area contributed by atoms with Gasteiger partial charge in [-0.3, -0.25) is 9.88 Å². The normalized spacial score (nSPS) is 10.6. The van der Waals surface area contributed by atoms with Crippen molar-refractivity contribution in [1.82, 2.24) is 19.9 Å². The van der Waals surface area contributed by atoms with Crippen molar-refractivity contribution < 1.29 is 0 Å². The number of imidazole rings is 1. The smallest absolute Gasteiger partial charge is 0.120 e. The molecule has 0 spiro atoms. The molecule has 0 aliphatic rings. The Morgan fingerprint density at radius 1 is 1.32 bits per heavy atom. The molecule has 2 aromatic rings. The number of nitriles is 1. The Balaban J connectivity index is 2.00. The highest BCUT2D eigenvalue weighted by Gasteiger charge is 2.08. The number of aromatic amines is 1. The van der Waals surface area contributed by atoms with Crippen LogP contribution in [0, 0.1) is 11.3 Å². The van der Waals surface area contributed by atoms with Crippen molar-refractivity contribution in [2.75, 3.05) is 7.05 Å². The van der Waals surface area contributed by atoms with E-state index in [1.54, 1.807) is 12.4 Å². The third kappa shape index (κ3) is 3.90. The summed E-state index contributed by atoms with van der Waals surface area (Å²) in [5.74, 6) is 0.942. The van der Waals surface area contributed by atoms with Gasteiger partial charge in [-0.25, -0.2) is 4.98 Å². The van der Waals surface area contributed by atoms with Gasteiger partial charge in [-0.1, -0.05) is 6.07 Å². The van der Waals surface area contributed by atoms with Crippen LogP contribution in [0.2, 0.25) is 0 Å². The molecule has 0 amide bonds. The molecule has 5 heteroatoms. The van der Waals surface area contributed by atoms with Crippen LogP contribution in [0.15, 0.2) is 30.7 Å². The van der Waals surface area contributed by atoms with Crippen molar-refractivity contribution in [3.63, 3.8) is 0 Å². The summed E-state index contributed by atoms with van der Waals surface area (Å²) in [7, 11) is 2.03. The minimum absolute atomic E-state index is 0.528. The first-order valence-electron chi connectivity index (χ1n) is 6.26. The summed E-state index contributed by atoms with van der Waals surface area (Å²) in [4.78, 5) is 13.9. The van der Waals surface area contributed by atoms with E-state index in [-0.39, 0.29) is 0 Å². The first kappa shape index (κ1) is 13.2. The van der Waals surface area contributed by atoms with Gasteiger partial charge in [-0.05, 0) is 25.1 Å². The van der Waals surface area contributed by atoms with Gasteiger partial charge in [0.2, 0.25) is 0 Å². The molecular formula is C14H17N5. The largest absolute Gasteiger partial charge is 0.348 e. The standard InChI is InChI=1S/C14H17N5/c1-19(11-14-17-8-9-18-14)10-13-12(4-2-6-15)5-3-7-16-13/h3,5,7-9H,2,4,10-11H2,1H3,(H,17,18). The molecule has 1 N–H and O–H groups in total. The van der Waals surface area contributed by atoms with Gasteiger partial charge in [0.25, 0.3) is 0 Å². The van der Waals surface area contributed by atoms with Gasteiger partial charge in [0.05, 0.1) is 18.3 Å². The summed E-state index contributed by atoms with van der Waals surface area (Å²) in [5, 5.41) is 8.68. The maximum absolute atomic E-state index is 8.68. The molecule has 2 rings (SSSR count). The van der Waals surface area contributed by atoms with E-state index < -0.39 is 0 Å². The Bertz CT molecular complexity index is 541. The summed E-state index contributed by atoms with van der Waals surface area (Å²) < 4.78 is 0. The van der Waals surface area contributed by atoms with Crippen LogP contribution in [-0.2, 0) is 19.5 Å². The van der Waals surface area contributed by atoms with Crippen LogP contribution in [0.25, 0.3) is 0 Å². The van der Waals surface area contributed by atoms with Gasteiger partial charge >= 0.3 is 0 Å². The van der Waals surface area contributed by atoms with E-state index in [1.165, 1.54) is 0 Å². The maximum atomic E-state index is 8.68. The minimum atomic E-state index is 0.528. The summed E-state index contributed by atoms with van der Waals surface area (Å²) in [6, 6.07) is 6.14. The molecule has 19 heavy (non-hydrogen) atoms. The van der Waals surface area contributed by atoms with Crippen LogP contribution in [-0.4, -0.2) is 26.9 Å². The van der Waals surface area contributed by atoms with Crippen molar-refractivity contribution in [3.8, 4) is 6.07 Å². The highest BCUT2D eigenvalue weighted by Crippen LogP contribution is 2.11. The molecule has 0 atom stereocenters. The van der Waals surface area contributed by atoms with Crippen LogP contribution in [0.1, 0.15) is 23.5 Å². The molecule has 5 nitrogen and oxygen atoms in total. The molecule has 0 aliphatic heterocycles. The van der Waals surface area contributed by atoms with Crippen LogP contribution in [0.5, 0.6) is 0 Å². The predicted molar refractivity (Wildman–Crippen MR) is 71.9 cm³/mol. The third-order valence-corrected chi connectivity index (χ3v) is 2.88. The molecule has 2 heterocycles. The average molecular weight is 255 g/mol. The number of H-pyrrole nitrogens is 1. The molecule has 0 saturated carbocycles. The summed E-state index contributed by atoms with van der Waals surface area (Å²) >= 11 is 0. The zero-order chi connectivity index (χ0) is 13.5. The SMILES string of the molecule is CN(Cc1ncc[nH]1)Cc1ncccc1CCC#N. The van der Waals surface area contributed by atoms with Gasteiger partial charge in [-0.2, -0.15) is 5.26 Å². The zero-order valence-electron chi connectivity index (χ0n) is 11.0. The fourth-order valence-corrected chi connectivity index (χ4v) is 1.98. The predicted octanol–water partition coefficient (Wildman–Crippen LogP) is 1.89. The Hall–Kier alpha value is -2.19. The molecule has 0 saturated heterocycles. The van der Waals surface area contributed by atoms with Crippen molar-refractivity contribution in [2.45, 2.75) is 25.9 Å². The molecule has 0 bridgehead atoms. The zero-order valence-corrected chi connectivity index (χ0v) is 11.0. The van der Waals surface area contributed by atoms with Crippen LogP contribution < -0.4 is 0 Å². The highest BCUT2D eigenvalue weighted by atomic mass is 15.1.